The van der Waals surface area contributed by atoms with E-state index in [0.717, 1.165) is 12.5 Å². The molecule has 0 bridgehead atoms. The third kappa shape index (κ3) is 4.40. The molecule has 0 saturated heterocycles. The lowest BCUT2D eigenvalue weighted by Gasteiger charge is -2.22. The van der Waals surface area contributed by atoms with E-state index >= 15 is 0 Å². The van der Waals surface area contributed by atoms with E-state index in [0.29, 0.717) is 5.02 Å². The van der Waals surface area contributed by atoms with Crippen molar-refractivity contribution in [2.24, 2.45) is 0 Å². The summed E-state index contributed by atoms with van der Waals surface area (Å²) >= 11 is 5.99. The largest absolute Gasteiger partial charge is 0.479 e. The highest BCUT2D eigenvalue weighted by atomic mass is 35.5. The van der Waals surface area contributed by atoms with Crippen molar-refractivity contribution in [1.82, 2.24) is 10.2 Å². The summed E-state index contributed by atoms with van der Waals surface area (Å²) in [5, 5.41) is 21.1. The van der Waals surface area contributed by atoms with Gasteiger partial charge in [-0.2, -0.15) is 0 Å². The topological polar surface area (TPSA) is 89.9 Å². The summed E-state index contributed by atoms with van der Waals surface area (Å²) in [5.74, 6) is -1.40. The Labute approximate surface area is 122 Å². The van der Waals surface area contributed by atoms with E-state index in [1.807, 2.05) is 6.07 Å². The molecular weight excluding hydrogens is 284 g/mol. The average Bonchev–Trinajstić information content (AvgIpc) is 2.38. The van der Waals surface area contributed by atoms with Crippen molar-refractivity contribution in [3.05, 3.63) is 34.9 Å². The van der Waals surface area contributed by atoms with Crippen LogP contribution in [0, 0.1) is 0 Å². The Kier molecular flexibility index (Phi) is 5.35. The van der Waals surface area contributed by atoms with Gasteiger partial charge in [0, 0.05) is 18.6 Å². The summed E-state index contributed by atoms with van der Waals surface area (Å²) in [6, 6.07) is 6.61. The molecule has 0 aliphatic heterocycles. The van der Waals surface area contributed by atoms with Gasteiger partial charge in [-0.3, -0.25) is 0 Å². The molecule has 1 aromatic rings. The number of rotatable bonds is 5. The maximum Gasteiger partial charge on any atom is 0.337 e. The average molecular weight is 301 g/mol. The normalized spacial score (nSPS) is 13.4. The Balaban J connectivity index is 2.56. The number of halogens is 1. The van der Waals surface area contributed by atoms with E-state index in [-0.39, 0.29) is 13.1 Å². The number of hydrogen-bond acceptors (Lipinski definition) is 3. The number of nitrogens with zero attached hydrogens (tertiary/aromatic N) is 1. The summed E-state index contributed by atoms with van der Waals surface area (Å²) in [6.45, 7) is 1.01. The first-order chi connectivity index (χ1) is 9.24. The molecule has 0 aromatic heterocycles. The maximum absolute atomic E-state index is 11.8. The van der Waals surface area contributed by atoms with E-state index < -0.39 is 17.6 Å². The van der Waals surface area contributed by atoms with E-state index in [2.05, 4.69) is 5.32 Å². The van der Waals surface area contributed by atoms with Crippen molar-refractivity contribution < 1.29 is 19.8 Å². The van der Waals surface area contributed by atoms with E-state index in [4.69, 9.17) is 16.7 Å². The fourth-order valence-corrected chi connectivity index (χ4v) is 1.61. The molecule has 0 aliphatic rings. The van der Waals surface area contributed by atoms with Crippen LogP contribution in [0.25, 0.3) is 0 Å². The number of aliphatic carboxylic acids is 1. The molecule has 0 heterocycles. The number of hydrogen-bond donors (Lipinski definition) is 3. The Morgan fingerprint density at radius 2 is 2.00 bits per heavy atom. The maximum atomic E-state index is 11.8. The Bertz CT molecular complexity index is 505. The van der Waals surface area contributed by atoms with Gasteiger partial charge in [-0.05, 0) is 18.6 Å². The molecule has 1 unspecified atom stereocenters. The molecule has 6 nitrogen and oxygen atoms in total. The van der Waals surface area contributed by atoms with Gasteiger partial charge >= 0.3 is 12.0 Å². The molecule has 0 spiro atoms. The van der Waals surface area contributed by atoms with Crippen LogP contribution in [0.2, 0.25) is 5.02 Å². The molecule has 0 aliphatic carbocycles. The minimum Gasteiger partial charge on any atom is -0.479 e. The van der Waals surface area contributed by atoms with Crippen LogP contribution in [-0.2, 0) is 11.3 Å². The molecule has 2 amide bonds. The van der Waals surface area contributed by atoms with Crippen LogP contribution >= 0.6 is 11.6 Å². The number of carboxylic acid groups (broad SMARTS) is 1. The fraction of sp³-hybridized carbons (Fsp3) is 0.385. The van der Waals surface area contributed by atoms with Gasteiger partial charge in [0.15, 0.2) is 5.60 Å². The monoisotopic (exact) mass is 300 g/mol. The number of carbonyl (C=O) groups excluding carboxylic acids is 1. The predicted octanol–water partition coefficient (Wildman–Crippen LogP) is 1.32. The molecule has 0 fully saturated rings. The number of aliphatic hydroxyl groups is 1. The van der Waals surface area contributed by atoms with Crippen molar-refractivity contribution in [2.45, 2.75) is 19.1 Å². The number of carbonyl (C=O) groups is 2. The van der Waals surface area contributed by atoms with Crippen molar-refractivity contribution in [1.29, 1.82) is 0 Å². The Morgan fingerprint density at radius 1 is 1.40 bits per heavy atom. The molecule has 1 aromatic carbocycles. The van der Waals surface area contributed by atoms with Crippen LogP contribution in [0.3, 0.4) is 0 Å². The zero-order valence-electron chi connectivity index (χ0n) is 11.3. The SMILES string of the molecule is CN(Cc1ccccc1Cl)C(=O)NCC(C)(O)C(=O)O. The first-order valence-electron chi connectivity index (χ1n) is 5.92. The second kappa shape index (κ2) is 6.58. The summed E-state index contributed by atoms with van der Waals surface area (Å²) < 4.78 is 0. The lowest BCUT2D eigenvalue weighted by molar-refractivity contribution is -0.155. The Hall–Kier alpha value is -1.79. The summed E-state index contributed by atoms with van der Waals surface area (Å²) in [6.07, 6.45) is 0. The van der Waals surface area contributed by atoms with Crippen LogP contribution in [-0.4, -0.2) is 46.3 Å². The highest BCUT2D eigenvalue weighted by Gasteiger charge is 2.30. The number of urea groups is 1. The second-order valence-corrected chi connectivity index (χ2v) is 5.09. The van der Waals surface area contributed by atoms with Gasteiger partial charge in [0.1, 0.15) is 0 Å². The van der Waals surface area contributed by atoms with Gasteiger partial charge < -0.3 is 20.4 Å². The molecule has 1 atom stereocenters. The zero-order chi connectivity index (χ0) is 15.3. The lowest BCUT2D eigenvalue weighted by Crippen LogP contribution is -2.49. The van der Waals surface area contributed by atoms with Gasteiger partial charge in [-0.15, -0.1) is 0 Å². The van der Waals surface area contributed by atoms with Crippen LogP contribution in [0.4, 0.5) is 4.79 Å². The smallest absolute Gasteiger partial charge is 0.337 e. The van der Waals surface area contributed by atoms with Crippen LogP contribution in [0.15, 0.2) is 24.3 Å². The number of benzene rings is 1. The van der Waals surface area contributed by atoms with Gasteiger partial charge in [0.2, 0.25) is 0 Å². The molecule has 7 heteroatoms. The van der Waals surface area contributed by atoms with E-state index in [1.54, 1.807) is 25.2 Å². The van der Waals surface area contributed by atoms with Crippen molar-refractivity contribution in [3.63, 3.8) is 0 Å². The van der Waals surface area contributed by atoms with Crippen molar-refractivity contribution >= 4 is 23.6 Å². The molecule has 20 heavy (non-hydrogen) atoms. The Morgan fingerprint density at radius 3 is 2.55 bits per heavy atom. The van der Waals surface area contributed by atoms with Gasteiger partial charge in [0.25, 0.3) is 0 Å². The molecule has 1 rings (SSSR count). The lowest BCUT2D eigenvalue weighted by atomic mass is 10.1. The van der Waals surface area contributed by atoms with Crippen molar-refractivity contribution in [3.8, 4) is 0 Å². The van der Waals surface area contributed by atoms with Crippen LogP contribution in [0.5, 0.6) is 0 Å². The number of amides is 2. The minimum atomic E-state index is -2.00. The highest BCUT2D eigenvalue weighted by Crippen LogP contribution is 2.16. The minimum absolute atomic E-state index is 0.278. The van der Waals surface area contributed by atoms with Gasteiger partial charge in [0.05, 0.1) is 6.54 Å². The highest BCUT2D eigenvalue weighted by molar-refractivity contribution is 6.31. The van der Waals surface area contributed by atoms with E-state index in [1.165, 1.54) is 4.90 Å². The number of nitrogens with one attached hydrogen (secondary N) is 1. The summed E-state index contributed by atoms with van der Waals surface area (Å²) in [7, 11) is 1.55. The van der Waals surface area contributed by atoms with Gasteiger partial charge in [-0.25, -0.2) is 9.59 Å². The molecule has 3 N–H and O–H groups in total. The fourth-order valence-electron chi connectivity index (χ4n) is 1.41. The third-order valence-corrected chi connectivity index (χ3v) is 3.13. The first kappa shape index (κ1) is 16.3. The van der Waals surface area contributed by atoms with Crippen LogP contribution < -0.4 is 5.32 Å². The quantitative estimate of drug-likeness (QED) is 0.765. The van der Waals surface area contributed by atoms with E-state index in [9.17, 15) is 14.7 Å². The predicted molar refractivity (Wildman–Crippen MR) is 74.6 cm³/mol. The molecule has 0 radical (unpaired) electrons. The van der Waals surface area contributed by atoms with Crippen LogP contribution in [0.1, 0.15) is 12.5 Å². The molecule has 0 saturated carbocycles. The number of carboxylic acids is 1. The third-order valence-electron chi connectivity index (χ3n) is 2.76. The van der Waals surface area contributed by atoms with Crippen molar-refractivity contribution in [2.75, 3.05) is 13.6 Å². The second-order valence-electron chi connectivity index (χ2n) is 4.69. The summed E-state index contributed by atoms with van der Waals surface area (Å²) in [5.41, 5.74) is -1.22. The first-order valence-corrected chi connectivity index (χ1v) is 6.30. The molecular formula is C13H17ClN2O4. The molecule has 110 valence electrons. The van der Waals surface area contributed by atoms with Gasteiger partial charge in [-0.1, -0.05) is 29.8 Å². The summed E-state index contributed by atoms with van der Waals surface area (Å²) in [4.78, 5) is 23.8. The zero-order valence-corrected chi connectivity index (χ0v) is 12.0. The standard InChI is InChI=1S/C13H17ClN2O4/c1-13(20,11(17)18)8-15-12(19)16(2)7-9-5-3-4-6-10(9)14/h3-6,20H,7-8H2,1-2H3,(H,15,19)(H,17,18).